The third kappa shape index (κ3) is 6.72. The monoisotopic (exact) mass is 618 g/mol. The van der Waals surface area contributed by atoms with E-state index in [9.17, 15) is 4.79 Å². The van der Waals surface area contributed by atoms with Crippen LogP contribution in [0.2, 0.25) is 0 Å². The second kappa shape index (κ2) is 14.4. The maximum atomic E-state index is 13.8. The van der Waals surface area contributed by atoms with Gasteiger partial charge in [0.05, 0.1) is 43.3 Å². The fraction of sp³-hybridized carbons (Fsp3) is 0.364. The number of carbonyl (C=O) groups excluding carboxylic acids is 1. The lowest BCUT2D eigenvalue weighted by molar-refractivity contribution is 0.0524. The summed E-state index contributed by atoms with van der Waals surface area (Å²) in [5.74, 6) is 0.887. The molecule has 1 aliphatic rings. The normalized spacial score (nSPS) is 13.5. The Balaban J connectivity index is 1.65. The summed E-state index contributed by atoms with van der Waals surface area (Å²) in [4.78, 5) is 28.0. The van der Waals surface area contributed by atoms with E-state index in [2.05, 4.69) is 28.0 Å². The highest BCUT2D eigenvalue weighted by atomic mass is 32.2. The van der Waals surface area contributed by atoms with Crippen LogP contribution in [0.15, 0.2) is 53.5 Å². The van der Waals surface area contributed by atoms with Crippen LogP contribution in [0.5, 0.6) is 11.5 Å². The van der Waals surface area contributed by atoms with Crippen molar-refractivity contribution in [2.24, 2.45) is 4.99 Å². The van der Waals surface area contributed by atoms with E-state index in [-0.39, 0.29) is 12.6 Å². The van der Waals surface area contributed by atoms with Crippen molar-refractivity contribution in [3.8, 4) is 22.6 Å². The summed E-state index contributed by atoms with van der Waals surface area (Å²) in [6, 6.07) is 15.8. The minimum Gasteiger partial charge on any atom is -0.493 e. The van der Waals surface area contributed by atoms with Crippen LogP contribution < -0.4 is 9.47 Å². The molecular formula is C33H38N4O4S2. The molecule has 1 aliphatic heterocycles. The molecule has 0 amide bonds. The molecule has 0 aliphatic carbocycles. The van der Waals surface area contributed by atoms with Gasteiger partial charge in [-0.3, -0.25) is 4.90 Å². The predicted octanol–water partition coefficient (Wildman–Crippen LogP) is 7.37. The van der Waals surface area contributed by atoms with E-state index in [4.69, 9.17) is 19.2 Å². The molecule has 0 fully saturated rings. The number of ether oxygens (including phenoxy) is 3. The minimum absolute atomic E-state index is 0.283. The van der Waals surface area contributed by atoms with Crippen LogP contribution in [0.1, 0.15) is 47.3 Å². The molecule has 5 rings (SSSR count). The topological polar surface area (TPSA) is 76.5 Å². The van der Waals surface area contributed by atoms with Gasteiger partial charge in [0.2, 0.25) is 0 Å². The number of esters is 1. The molecule has 0 unspecified atom stereocenters. The van der Waals surface area contributed by atoms with Gasteiger partial charge in [0.15, 0.2) is 11.5 Å². The fourth-order valence-corrected chi connectivity index (χ4v) is 7.43. The number of benzene rings is 2. The van der Waals surface area contributed by atoms with Gasteiger partial charge in [-0.2, -0.15) is 0 Å². The van der Waals surface area contributed by atoms with E-state index in [1.807, 2.05) is 61.0 Å². The molecule has 226 valence electrons. The molecule has 0 N–H and O–H groups in total. The first-order valence-corrected chi connectivity index (χ1v) is 16.2. The zero-order chi connectivity index (χ0) is 30.3. The predicted molar refractivity (Wildman–Crippen MR) is 177 cm³/mol. The van der Waals surface area contributed by atoms with Gasteiger partial charge in [-0.25, -0.2) is 19.1 Å². The number of fused-ring (bicyclic) bond motifs is 3. The van der Waals surface area contributed by atoms with Gasteiger partial charge in [0.1, 0.15) is 4.83 Å². The number of pyridine rings is 1. The van der Waals surface area contributed by atoms with Crippen LogP contribution in [0.4, 0.5) is 5.69 Å². The highest BCUT2D eigenvalue weighted by Gasteiger charge is 2.30. The summed E-state index contributed by atoms with van der Waals surface area (Å²) < 4.78 is 19.2. The molecule has 2 aromatic carbocycles. The summed E-state index contributed by atoms with van der Waals surface area (Å²) in [5.41, 5.74) is 7.08. The quantitative estimate of drug-likeness (QED) is 0.0705. The van der Waals surface area contributed by atoms with Crippen molar-refractivity contribution in [1.29, 1.82) is 0 Å². The lowest BCUT2D eigenvalue weighted by Crippen LogP contribution is -2.25. The van der Waals surface area contributed by atoms with Gasteiger partial charge in [0.25, 0.3) is 0 Å². The Morgan fingerprint density at radius 1 is 1.09 bits per heavy atom. The van der Waals surface area contributed by atoms with Gasteiger partial charge >= 0.3 is 5.97 Å². The average molecular weight is 619 g/mol. The van der Waals surface area contributed by atoms with Crippen LogP contribution in [-0.2, 0) is 24.2 Å². The van der Waals surface area contributed by atoms with Gasteiger partial charge in [-0.15, -0.1) is 11.3 Å². The number of hydrogen-bond donors (Lipinski definition) is 0. The number of aromatic nitrogens is 1. The first-order valence-electron chi connectivity index (χ1n) is 14.6. The lowest BCUT2D eigenvalue weighted by atomic mass is 9.91. The van der Waals surface area contributed by atoms with Gasteiger partial charge in [0, 0.05) is 35.5 Å². The second-order valence-corrected chi connectivity index (χ2v) is 12.1. The molecule has 0 spiro atoms. The zero-order valence-corrected chi connectivity index (χ0v) is 27.0. The first-order chi connectivity index (χ1) is 21.0. The summed E-state index contributed by atoms with van der Waals surface area (Å²) in [7, 11) is 3.25. The molecule has 4 aromatic rings. The third-order valence-corrected chi connectivity index (χ3v) is 9.52. The largest absolute Gasteiger partial charge is 0.493 e. The smallest absolute Gasteiger partial charge is 0.340 e. The van der Waals surface area contributed by atoms with Crippen molar-refractivity contribution in [1.82, 2.24) is 14.2 Å². The standard InChI is InChI=1S/C33H38N4O4S2/c1-6-36(7-2)19-25-31(33(38)41-8-3)29(22-14-15-26(39-4)27(18-22)40-5)30-24-16-17-37(20-28(24)43-32(30)35-25)42-21-34-23-12-10-9-11-13-23/h9-15,18,21H,6-8,16-17,19-20H2,1-5H3. The summed E-state index contributed by atoms with van der Waals surface area (Å²) in [6.07, 6.45) is 0.834. The summed E-state index contributed by atoms with van der Waals surface area (Å²) in [5, 5.41) is 1.03. The van der Waals surface area contributed by atoms with Gasteiger partial charge in [-0.1, -0.05) is 38.1 Å². The molecule has 0 saturated carbocycles. The number of hydrogen-bond acceptors (Lipinski definition) is 10. The summed E-state index contributed by atoms with van der Waals surface area (Å²) >= 11 is 3.34. The Bertz CT molecular complexity index is 1600. The SMILES string of the molecule is CCOC(=O)c1c(CN(CC)CC)nc2sc3c(c2c1-c1ccc(OC)c(OC)c1)CCN(SC=Nc1ccccc1)C3. The van der Waals surface area contributed by atoms with Crippen molar-refractivity contribution in [2.45, 2.75) is 40.3 Å². The highest BCUT2D eigenvalue weighted by molar-refractivity contribution is 8.10. The van der Waals surface area contributed by atoms with E-state index in [0.29, 0.717) is 23.6 Å². The highest BCUT2D eigenvalue weighted by Crippen LogP contribution is 2.45. The fourth-order valence-electron chi connectivity index (χ4n) is 5.38. The second-order valence-electron chi connectivity index (χ2n) is 10.0. The number of aliphatic imine (C=N–C) groups is 1. The van der Waals surface area contributed by atoms with Crippen LogP contribution in [0.25, 0.3) is 21.3 Å². The first kappa shape index (κ1) is 31.0. The number of carbonyl (C=O) groups is 1. The van der Waals surface area contributed by atoms with Crippen LogP contribution in [0.3, 0.4) is 0 Å². The van der Waals surface area contributed by atoms with Crippen molar-refractivity contribution < 1.29 is 19.0 Å². The minimum atomic E-state index is -0.353. The molecule has 0 bridgehead atoms. The molecule has 8 nitrogen and oxygen atoms in total. The van der Waals surface area contributed by atoms with E-state index in [0.717, 1.165) is 65.3 Å². The van der Waals surface area contributed by atoms with Crippen molar-refractivity contribution in [3.63, 3.8) is 0 Å². The molecule has 43 heavy (non-hydrogen) atoms. The van der Waals surface area contributed by atoms with E-state index in [1.165, 1.54) is 10.4 Å². The van der Waals surface area contributed by atoms with Crippen LogP contribution in [-0.4, -0.2) is 66.2 Å². The molecule has 0 saturated heterocycles. The number of para-hydroxylation sites is 1. The molecule has 10 heteroatoms. The molecule has 3 heterocycles. The zero-order valence-electron chi connectivity index (χ0n) is 25.4. The number of methoxy groups -OCH3 is 2. The Hall–Kier alpha value is -3.44. The maximum Gasteiger partial charge on any atom is 0.340 e. The van der Waals surface area contributed by atoms with E-state index >= 15 is 0 Å². The molecular weight excluding hydrogens is 581 g/mol. The Labute approximate surface area is 261 Å². The third-order valence-electron chi connectivity index (χ3n) is 7.60. The van der Waals surface area contributed by atoms with Gasteiger partial charge < -0.3 is 14.2 Å². The van der Waals surface area contributed by atoms with Gasteiger partial charge in [-0.05, 0) is 73.8 Å². The average Bonchev–Trinajstić information content (AvgIpc) is 3.40. The van der Waals surface area contributed by atoms with Crippen molar-refractivity contribution in [2.75, 3.05) is 40.5 Å². The number of rotatable bonds is 12. The summed E-state index contributed by atoms with van der Waals surface area (Å²) in [6.45, 7) is 10.2. The molecule has 0 atom stereocenters. The van der Waals surface area contributed by atoms with E-state index in [1.54, 1.807) is 37.5 Å². The number of nitrogens with zero attached hydrogens (tertiary/aromatic N) is 4. The van der Waals surface area contributed by atoms with E-state index < -0.39 is 0 Å². The van der Waals surface area contributed by atoms with Crippen molar-refractivity contribution >= 4 is 50.7 Å². The maximum absolute atomic E-state index is 13.8. The molecule has 0 radical (unpaired) electrons. The Morgan fingerprint density at radius 2 is 1.86 bits per heavy atom. The molecule has 2 aromatic heterocycles. The lowest BCUT2D eigenvalue weighted by Gasteiger charge is -2.25. The Morgan fingerprint density at radius 3 is 2.56 bits per heavy atom. The Kier molecular flexibility index (Phi) is 10.3. The van der Waals surface area contributed by atoms with Crippen LogP contribution >= 0.6 is 23.3 Å². The van der Waals surface area contributed by atoms with Crippen molar-refractivity contribution in [3.05, 3.63) is 70.2 Å². The van der Waals surface area contributed by atoms with Crippen LogP contribution in [0, 0.1) is 0 Å². The number of thiophene rings is 1.